The number of hydrogen-bond donors (Lipinski definition) is 2. The van der Waals surface area contributed by atoms with E-state index in [4.69, 9.17) is 0 Å². The van der Waals surface area contributed by atoms with Gasteiger partial charge in [-0.05, 0) is 31.5 Å². The van der Waals surface area contributed by atoms with Crippen LogP contribution in [0, 0.1) is 12.7 Å². The van der Waals surface area contributed by atoms with E-state index in [1.54, 1.807) is 19.1 Å². The lowest BCUT2D eigenvalue weighted by molar-refractivity contribution is 0.570. The van der Waals surface area contributed by atoms with Gasteiger partial charge < -0.3 is 5.32 Å². The summed E-state index contributed by atoms with van der Waals surface area (Å²) in [6.07, 6.45) is 0.487. The highest BCUT2D eigenvalue weighted by Gasteiger charge is 2.14. The van der Waals surface area contributed by atoms with Crippen LogP contribution in [0.1, 0.15) is 25.8 Å². The summed E-state index contributed by atoms with van der Waals surface area (Å²) in [6, 6.07) is 4.78. The van der Waals surface area contributed by atoms with E-state index in [0.29, 0.717) is 24.6 Å². The Morgan fingerprint density at radius 1 is 1.32 bits per heavy atom. The maximum Gasteiger partial charge on any atom is 0.232 e. The van der Waals surface area contributed by atoms with Crippen LogP contribution in [0.5, 0.6) is 0 Å². The van der Waals surface area contributed by atoms with Gasteiger partial charge in [0.05, 0.1) is 11.4 Å². The normalized spacial score (nSPS) is 11.8. The van der Waals surface area contributed by atoms with Crippen molar-refractivity contribution in [2.75, 3.05) is 17.0 Å². The average Bonchev–Trinajstić information content (AvgIpc) is 2.30. The molecule has 0 aromatic heterocycles. The molecular weight excluding hydrogens is 267 g/mol. The van der Waals surface area contributed by atoms with Crippen molar-refractivity contribution in [3.8, 4) is 0 Å². The van der Waals surface area contributed by atoms with Crippen molar-refractivity contribution in [2.45, 2.75) is 33.2 Å². The largest absolute Gasteiger partial charge is 0.314 e. The van der Waals surface area contributed by atoms with Crippen LogP contribution in [0.4, 0.5) is 10.1 Å². The van der Waals surface area contributed by atoms with Crippen LogP contribution in [0.3, 0.4) is 0 Å². The Bertz CT molecular complexity index is 495. The van der Waals surface area contributed by atoms with Crippen molar-refractivity contribution in [3.63, 3.8) is 0 Å². The van der Waals surface area contributed by atoms with Crippen LogP contribution in [0.15, 0.2) is 18.2 Å². The molecule has 4 nitrogen and oxygen atoms in total. The quantitative estimate of drug-likeness (QED) is 0.757. The van der Waals surface area contributed by atoms with Gasteiger partial charge in [-0.25, -0.2) is 12.8 Å². The predicted octanol–water partition coefficient (Wildman–Crippen LogP) is 2.26. The molecule has 0 amide bonds. The third-order valence-electron chi connectivity index (χ3n) is 2.62. The van der Waals surface area contributed by atoms with Crippen molar-refractivity contribution in [1.29, 1.82) is 0 Å². The lowest BCUT2D eigenvalue weighted by Crippen LogP contribution is -2.27. The molecule has 0 radical (unpaired) electrons. The number of halogens is 1. The zero-order chi connectivity index (χ0) is 14.5. The summed E-state index contributed by atoms with van der Waals surface area (Å²) in [7, 11) is -3.51. The number of hydrogen-bond acceptors (Lipinski definition) is 3. The highest BCUT2D eigenvalue weighted by Crippen LogP contribution is 2.20. The number of anilines is 1. The van der Waals surface area contributed by atoms with Crippen molar-refractivity contribution in [2.24, 2.45) is 0 Å². The van der Waals surface area contributed by atoms with Crippen LogP contribution in [-0.4, -0.2) is 26.8 Å². The molecule has 0 aliphatic heterocycles. The molecule has 6 heteroatoms. The second-order valence-electron chi connectivity index (χ2n) is 4.82. The first-order valence-electron chi connectivity index (χ1n) is 6.31. The van der Waals surface area contributed by atoms with E-state index in [2.05, 4.69) is 10.0 Å². The van der Waals surface area contributed by atoms with Crippen LogP contribution in [0.25, 0.3) is 0 Å². The molecule has 0 saturated heterocycles. The maximum atomic E-state index is 13.5. The van der Waals surface area contributed by atoms with E-state index in [1.165, 1.54) is 6.07 Å². The molecular formula is C13H21FN2O2S. The summed E-state index contributed by atoms with van der Waals surface area (Å²) in [6.45, 7) is 6.28. The summed E-state index contributed by atoms with van der Waals surface area (Å²) in [5.41, 5.74) is 0.614. The number of para-hydroxylation sites is 1. The van der Waals surface area contributed by atoms with E-state index < -0.39 is 15.8 Å². The molecule has 0 fully saturated rings. The molecule has 1 rings (SSSR count). The lowest BCUT2D eigenvalue weighted by atomic mass is 10.2. The maximum absolute atomic E-state index is 13.5. The van der Waals surface area contributed by atoms with Gasteiger partial charge in [-0.1, -0.05) is 26.0 Å². The van der Waals surface area contributed by atoms with Crippen LogP contribution in [-0.2, 0) is 10.0 Å². The molecule has 1 aromatic carbocycles. The Balaban J connectivity index is 2.60. The number of aryl methyl sites for hydroxylation is 1. The third kappa shape index (κ3) is 5.57. The molecule has 1 aromatic rings. The van der Waals surface area contributed by atoms with Gasteiger partial charge in [0.15, 0.2) is 0 Å². The molecule has 19 heavy (non-hydrogen) atoms. The zero-order valence-corrected chi connectivity index (χ0v) is 12.3. The summed E-state index contributed by atoms with van der Waals surface area (Å²) >= 11 is 0. The van der Waals surface area contributed by atoms with E-state index in [-0.39, 0.29) is 11.4 Å². The van der Waals surface area contributed by atoms with Crippen LogP contribution in [0.2, 0.25) is 0 Å². The highest BCUT2D eigenvalue weighted by molar-refractivity contribution is 7.92. The summed E-state index contributed by atoms with van der Waals surface area (Å²) < 4.78 is 39.5. The Morgan fingerprint density at radius 2 is 2.00 bits per heavy atom. The van der Waals surface area contributed by atoms with Gasteiger partial charge in [-0.15, -0.1) is 0 Å². The Labute approximate surface area is 114 Å². The molecule has 0 aliphatic carbocycles. The topological polar surface area (TPSA) is 58.2 Å². The van der Waals surface area contributed by atoms with Gasteiger partial charge in [-0.2, -0.15) is 0 Å². The minimum atomic E-state index is -3.51. The number of benzene rings is 1. The van der Waals surface area contributed by atoms with Gasteiger partial charge in [-0.3, -0.25) is 4.72 Å². The van der Waals surface area contributed by atoms with E-state index in [1.807, 2.05) is 13.8 Å². The first-order chi connectivity index (χ1) is 8.82. The number of sulfonamides is 1. The molecule has 0 atom stereocenters. The van der Waals surface area contributed by atoms with Gasteiger partial charge in [0.1, 0.15) is 5.82 Å². The minimum Gasteiger partial charge on any atom is -0.314 e. The second kappa shape index (κ2) is 6.86. The Kier molecular flexibility index (Phi) is 5.75. The third-order valence-corrected chi connectivity index (χ3v) is 3.96. The van der Waals surface area contributed by atoms with Crippen molar-refractivity contribution < 1.29 is 12.8 Å². The van der Waals surface area contributed by atoms with Crippen LogP contribution < -0.4 is 10.0 Å². The fraction of sp³-hybridized carbons (Fsp3) is 0.538. The summed E-state index contributed by atoms with van der Waals surface area (Å²) in [5, 5.41) is 3.14. The minimum absolute atomic E-state index is 0.0273. The van der Waals surface area contributed by atoms with Crippen molar-refractivity contribution in [3.05, 3.63) is 29.6 Å². The van der Waals surface area contributed by atoms with Crippen LogP contribution >= 0.6 is 0 Å². The molecule has 2 N–H and O–H groups in total. The SMILES string of the molecule is Cc1cccc(F)c1NS(=O)(=O)CCCNC(C)C. The lowest BCUT2D eigenvalue weighted by Gasteiger charge is -2.12. The first kappa shape index (κ1) is 15.9. The molecule has 0 aliphatic rings. The summed E-state index contributed by atoms with van der Waals surface area (Å²) in [5.74, 6) is -0.579. The Morgan fingerprint density at radius 3 is 2.58 bits per heavy atom. The van der Waals surface area contributed by atoms with Crippen molar-refractivity contribution >= 4 is 15.7 Å². The molecule has 108 valence electrons. The molecule has 0 saturated carbocycles. The zero-order valence-electron chi connectivity index (χ0n) is 11.5. The number of nitrogens with one attached hydrogen (secondary N) is 2. The average molecular weight is 288 g/mol. The van der Waals surface area contributed by atoms with E-state index in [0.717, 1.165) is 0 Å². The van der Waals surface area contributed by atoms with Gasteiger partial charge >= 0.3 is 0 Å². The van der Waals surface area contributed by atoms with Gasteiger partial charge in [0.25, 0.3) is 0 Å². The number of rotatable bonds is 7. The standard InChI is InChI=1S/C13H21FN2O2S/c1-10(2)15-8-5-9-19(17,18)16-13-11(3)6-4-7-12(13)14/h4,6-7,10,15-16H,5,8-9H2,1-3H3. The molecule has 0 unspecified atom stereocenters. The van der Waals surface area contributed by atoms with E-state index in [9.17, 15) is 12.8 Å². The first-order valence-corrected chi connectivity index (χ1v) is 7.96. The fourth-order valence-corrected chi connectivity index (χ4v) is 2.82. The molecule has 0 heterocycles. The monoisotopic (exact) mass is 288 g/mol. The molecule has 0 spiro atoms. The van der Waals surface area contributed by atoms with E-state index >= 15 is 0 Å². The van der Waals surface area contributed by atoms with Gasteiger partial charge in [0.2, 0.25) is 10.0 Å². The Hall–Kier alpha value is -1.14. The predicted molar refractivity (Wildman–Crippen MR) is 76.3 cm³/mol. The van der Waals surface area contributed by atoms with Crippen molar-refractivity contribution in [1.82, 2.24) is 5.32 Å². The second-order valence-corrected chi connectivity index (χ2v) is 6.66. The molecule has 0 bridgehead atoms. The smallest absolute Gasteiger partial charge is 0.232 e. The fourth-order valence-electron chi connectivity index (χ4n) is 1.62. The van der Waals surface area contributed by atoms with Gasteiger partial charge in [0, 0.05) is 6.04 Å². The highest BCUT2D eigenvalue weighted by atomic mass is 32.2. The summed E-state index contributed by atoms with van der Waals surface area (Å²) in [4.78, 5) is 0.